The zero-order valence-electron chi connectivity index (χ0n) is 9.68. The van der Waals surface area contributed by atoms with Crippen LogP contribution in [0.3, 0.4) is 0 Å². The van der Waals surface area contributed by atoms with Gasteiger partial charge in [0.15, 0.2) is 5.78 Å². The average molecular weight is 221 g/mol. The van der Waals surface area contributed by atoms with E-state index in [-0.39, 0.29) is 16.9 Å². The van der Waals surface area contributed by atoms with Crippen LogP contribution in [0.2, 0.25) is 0 Å². The molecule has 16 heavy (non-hydrogen) atoms. The molecule has 1 aliphatic rings. The molecule has 0 bridgehead atoms. The van der Waals surface area contributed by atoms with Crippen LogP contribution < -0.4 is 0 Å². The Labute approximate surface area is 93.7 Å². The number of H-pyrrole nitrogens is 1. The first-order valence-corrected chi connectivity index (χ1v) is 5.34. The van der Waals surface area contributed by atoms with Gasteiger partial charge >= 0.3 is 5.97 Å². The Morgan fingerprint density at radius 3 is 2.44 bits per heavy atom. The van der Waals surface area contributed by atoms with E-state index in [9.17, 15) is 9.59 Å². The number of carbonyl (C=O) groups excluding carboxylic acids is 1. The summed E-state index contributed by atoms with van der Waals surface area (Å²) in [6.07, 6.45) is 1.12. The number of Topliss-reactive ketones (excluding diaryl/α,β-unsaturated/α-hetero) is 1. The zero-order valence-corrected chi connectivity index (χ0v) is 9.68. The van der Waals surface area contributed by atoms with Crippen LogP contribution >= 0.6 is 0 Å². The van der Waals surface area contributed by atoms with Crippen molar-refractivity contribution < 1.29 is 14.7 Å². The molecule has 4 heteroatoms. The number of fused-ring (bicyclic) bond motifs is 1. The molecule has 4 nitrogen and oxygen atoms in total. The highest BCUT2D eigenvalue weighted by Gasteiger charge is 2.35. The SMILES string of the molecule is CC(C)(C)c1c(C(=O)O)[nH]c2c1C(=O)CC2. The van der Waals surface area contributed by atoms with Gasteiger partial charge < -0.3 is 10.1 Å². The number of ketones is 1. The molecule has 0 unspecified atom stereocenters. The monoisotopic (exact) mass is 221 g/mol. The molecule has 1 aromatic heterocycles. The Bertz CT molecular complexity index is 477. The number of carboxylic acid groups (broad SMARTS) is 1. The van der Waals surface area contributed by atoms with Crippen molar-refractivity contribution in [2.45, 2.75) is 39.0 Å². The number of carbonyl (C=O) groups is 2. The van der Waals surface area contributed by atoms with E-state index in [0.29, 0.717) is 24.0 Å². The van der Waals surface area contributed by atoms with Gasteiger partial charge in [-0.3, -0.25) is 4.79 Å². The van der Waals surface area contributed by atoms with Gasteiger partial charge in [0.05, 0.1) is 0 Å². The van der Waals surface area contributed by atoms with Crippen LogP contribution in [0, 0.1) is 0 Å². The van der Waals surface area contributed by atoms with Gasteiger partial charge in [0.2, 0.25) is 0 Å². The molecule has 0 radical (unpaired) electrons. The summed E-state index contributed by atoms with van der Waals surface area (Å²) in [7, 11) is 0. The highest BCUT2D eigenvalue weighted by molar-refractivity contribution is 6.05. The molecule has 1 aliphatic carbocycles. The van der Waals surface area contributed by atoms with E-state index < -0.39 is 5.97 Å². The Morgan fingerprint density at radius 1 is 1.31 bits per heavy atom. The van der Waals surface area contributed by atoms with Gasteiger partial charge in [-0.2, -0.15) is 0 Å². The molecule has 0 amide bonds. The fourth-order valence-corrected chi connectivity index (χ4v) is 2.32. The second-order valence-electron chi connectivity index (χ2n) is 5.21. The molecule has 0 saturated heterocycles. The lowest BCUT2D eigenvalue weighted by Gasteiger charge is -2.19. The molecule has 86 valence electrons. The summed E-state index contributed by atoms with van der Waals surface area (Å²) in [5, 5.41) is 9.13. The van der Waals surface area contributed by atoms with E-state index in [1.54, 1.807) is 0 Å². The lowest BCUT2D eigenvalue weighted by molar-refractivity contribution is 0.0688. The van der Waals surface area contributed by atoms with Gasteiger partial charge in [0, 0.05) is 23.2 Å². The fraction of sp³-hybridized carbons (Fsp3) is 0.500. The van der Waals surface area contributed by atoms with Crippen LogP contribution in [-0.4, -0.2) is 21.8 Å². The van der Waals surface area contributed by atoms with Gasteiger partial charge in [-0.25, -0.2) is 4.79 Å². The normalized spacial score (nSPS) is 15.3. The topological polar surface area (TPSA) is 70.2 Å². The molecular weight excluding hydrogens is 206 g/mol. The second-order valence-corrected chi connectivity index (χ2v) is 5.21. The van der Waals surface area contributed by atoms with Crippen LogP contribution in [0.15, 0.2) is 0 Å². The Kier molecular flexibility index (Phi) is 2.19. The number of hydrogen-bond acceptors (Lipinski definition) is 2. The summed E-state index contributed by atoms with van der Waals surface area (Å²) in [5.41, 5.74) is 1.89. The predicted octanol–water partition coefficient (Wildman–Crippen LogP) is 2.14. The minimum Gasteiger partial charge on any atom is -0.477 e. The first kappa shape index (κ1) is 10.9. The van der Waals surface area contributed by atoms with Crippen molar-refractivity contribution >= 4 is 11.8 Å². The number of nitrogens with one attached hydrogen (secondary N) is 1. The molecule has 1 aromatic rings. The van der Waals surface area contributed by atoms with Crippen LogP contribution in [0.4, 0.5) is 0 Å². The Balaban J connectivity index is 2.72. The molecule has 0 spiro atoms. The minimum absolute atomic E-state index is 0.0590. The highest BCUT2D eigenvalue weighted by Crippen LogP contribution is 2.36. The molecule has 0 atom stereocenters. The van der Waals surface area contributed by atoms with Gasteiger partial charge in [-0.05, 0) is 11.8 Å². The van der Waals surface area contributed by atoms with E-state index in [1.165, 1.54) is 0 Å². The second kappa shape index (κ2) is 3.20. The van der Waals surface area contributed by atoms with Crippen LogP contribution in [-0.2, 0) is 11.8 Å². The first-order valence-electron chi connectivity index (χ1n) is 5.34. The number of aromatic carboxylic acids is 1. The molecule has 0 fully saturated rings. The van der Waals surface area contributed by atoms with Crippen molar-refractivity contribution in [3.05, 3.63) is 22.5 Å². The van der Waals surface area contributed by atoms with E-state index in [4.69, 9.17) is 5.11 Å². The molecular formula is C12H15NO3. The predicted molar refractivity (Wildman–Crippen MR) is 59.1 cm³/mol. The van der Waals surface area contributed by atoms with Gasteiger partial charge in [-0.15, -0.1) is 0 Å². The summed E-state index contributed by atoms with van der Waals surface area (Å²) in [6, 6.07) is 0. The maximum atomic E-state index is 11.8. The summed E-state index contributed by atoms with van der Waals surface area (Å²) < 4.78 is 0. The maximum Gasteiger partial charge on any atom is 0.352 e. The number of carboxylic acids is 1. The third-order valence-electron chi connectivity index (χ3n) is 2.92. The van der Waals surface area contributed by atoms with E-state index in [0.717, 1.165) is 5.69 Å². The van der Waals surface area contributed by atoms with E-state index in [1.807, 2.05) is 20.8 Å². The van der Waals surface area contributed by atoms with Crippen molar-refractivity contribution in [1.29, 1.82) is 0 Å². The smallest absolute Gasteiger partial charge is 0.352 e. The lowest BCUT2D eigenvalue weighted by Crippen LogP contribution is -2.18. The Hall–Kier alpha value is -1.58. The largest absolute Gasteiger partial charge is 0.477 e. The lowest BCUT2D eigenvalue weighted by atomic mass is 9.83. The number of aromatic nitrogens is 1. The van der Waals surface area contributed by atoms with Crippen LogP contribution in [0.25, 0.3) is 0 Å². The standard InChI is InChI=1S/C12H15NO3/c1-12(2,3)9-8-6(4-5-7(8)14)13-10(9)11(15)16/h13H,4-5H2,1-3H3,(H,15,16). The Morgan fingerprint density at radius 2 is 1.94 bits per heavy atom. The average Bonchev–Trinajstić information content (AvgIpc) is 2.64. The van der Waals surface area contributed by atoms with E-state index in [2.05, 4.69) is 4.98 Å². The fourth-order valence-electron chi connectivity index (χ4n) is 2.32. The number of aryl methyl sites for hydroxylation is 1. The third-order valence-corrected chi connectivity index (χ3v) is 2.92. The highest BCUT2D eigenvalue weighted by atomic mass is 16.4. The summed E-state index contributed by atoms with van der Waals surface area (Å²) >= 11 is 0. The van der Waals surface area contributed by atoms with Crippen LogP contribution in [0.1, 0.15) is 59.3 Å². The molecule has 0 aromatic carbocycles. The third kappa shape index (κ3) is 1.45. The molecule has 0 saturated carbocycles. The molecule has 2 N–H and O–H groups in total. The van der Waals surface area contributed by atoms with Gasteiger partial charge in [-0.1, -0.05) is 20.8 Å². The number of hydrogen-bond donors (Lipinski definition) is 2. The summed E-state index contributed by atoms with van der Waals surface area (Å²) in [4.78, 5) is 25.8. The summed E-state index contributed by atoms with van der Waals surface area (Å²) in [6.45, 7) is 5.78. The summed E-state index contributed by atoms with van der Waals surface area (Å²) in [5.74, 6) is -0.934. The van der Waals surface area contributed by atoms with Gasteiger partial charge in [0.1, 0.15) is 5.69 Å². The minimum atomic E-state index is -0.993. The van der Waals surface area contributed by atoms with Crippen molar-refractivity contribution in [3.8, 4) is 0 Å². The molecule has 0 aliphatic heterocycles. The van der Waals surface area contributed by atoms with Gasteiger partial charge in [0.25, 0.3) is 0 Å². The van der Waals surface area contributed by atoms with Crippen molar-refractivity contribution in [1.82, 2.24) is 4.98 Å². The quantitative estimate of drug-likeness (QED) is 0.763. The van der Waals surface area contributed by atoms with Crippen molar-refractivity contribution in [2.75, 3.05) is 0 Å². The van der Waals surface area contributed by atoms with Crippen molar-refractivity contribution in [2.24, 2.45) is 0 Å². The molecule has 2 rings (SSSR count). The van der Waals surface area contributed by atoms with E-state index >= 15 is 0 Å². The molecule has 1 heterocycles. The van der Waals surface area contributed by atoms with Crippen LogP contribution in [0.5, 0.6) is 0 Å². The first-order chi connectivity index (χ1) is 7.32. The zero-order chi connectivity index (χ0) is 12.1. The number of rotatable bonds is 1. The van der Waals surface area contributed by atoms with Crippen molar-refractivity contribution in [3.63, 3.8) is 0 Å². The maximum absolute atomic E-state index is 11.8. The number of aromatic amines is 1.